The Morgan fingerprint density at radius 3 is 2.68 bits per heavy atom. The fourth-order valence-corrected chi connectivity index (χ4v) is 2.35. The molecule has 22 heavy (non-hydrogen) atoms. The first-order chi connectivity index (χ1) is 10.2. The van der Waals surface area contributed by atoms with Crippen LogP contribution in [0.4, 0.5) is 10.1 Å². The zero-order valence-electron chi connectivity index (χ0n) is 12.3. The molecule has 0 radical (unpaired) electrons. The highest BCUT2D eigenvalue weighted by atomic mass is 35.5. The van der Waals surface area contributed by atoms with Crippen LogP contribution in [0.15, 0.2) is 18.2 Å². The first-order valence-electron chi connectivity index (χ1n) is 6.51. The van der Waals surface area contributed by atoms with Crippen LogP contribution < -0.4 is 10.6 Å². The van der Waals surface area contributed by atoms with Crippen molar-refractivity contribution < 1.29 is 19.1 Å². The zero-order chi connectivity index (χ0) is 16.8. The van der Waals surface area contributed by atoms with Crippen molar-refractivity contribution in [1.29, 1.82) is 0 Å². The minimum atomic E-state index is -1.09. The summed E-state index contributed by atoms with van der Waals surface area (Å²) < 4.78 is 13.0. The monoisotopic (exact) mass is 348 g/mol. The van der Waals surface area contributed by atoms with E-state index in [1.54, 1.807) is 18.7 Å². The fraction of sp³-hybridized carbons (Fsp3) is 0.429. The van der Waals surface area contributed by atoms with Gasteiger partial charge in [-0.15, -0.1) is 0 Å². The molecule has 1 atom stereocenters. The van der Waals surface area contributed by atoms with Crippen LogP contribution in [-0.2, 0) is 9.59 Å². The van der Waals surface area contributed by atoms with Gasteiger partial charge < -0.3 is 15.7 Å². The maximum absolute atomic E-state index is 13.0. The lowest BCUT2D eigenvalue weighted by Gasteiger charge is -2.23. The van der Waals surface area contributed by atoms with Crippen LogP contribution in [0.2, 0.25) is 5.02 Å². The van der Waals surface area contributed by atoms with Gasteiger partial charge in [0.05, 0.1) is 10.6 Å². The molecular weight excluding hydrogens is 331 g/mol. The first-order valence-corrected chi connectivity index (χ1v) is 8.28. The number of aliphatic hydroxyl groups is 1. The molecule has 1 aromatic rings. The minimum absolute atomic E-state index is 0.0377. The van der Waals surface area contributed by atoms with Crippen molar-refractivity contribution in [2.75, 3.05) is 23.9 Å². The topological polar surface area (TPSA) is 78.4 Å². The van der Waals surface area contributed by atoms with Gasteiger partial charge in [-0.3, -0.25) is 9.59 Å². The van der Waals surface area contributed by atoms with E-state index in [0.717, 1.165) is 11.8 Å². The highest BCUT2D eigenvalue weighted by Crippen LogP contribution is 2.19. The molecule has 0 unspecified atom stereocenters. The molecule has 8 heteroatoms. The van der Waals surface area contributed by atoms with E-state index < -0.39 is 23.2 Å². The number of nitrogens with one attached hydrogen (secondary N) is 2. The molecule has 0 bridgehead atoms. The Morgan fingerprint density at radius 2 is 2.09 bits per heavy atom. The fourth-order valence-electron chi connectivity index (χ4n) is 1.52. The Hall–Kier alpha value is -1.31. The Bertz CT molecular complexity index is 555. The molecule has 0 saturated heterocycles. The lowest BCUT2D eigenvalue weighted by molar-refractivity contribution is -0.136. The molecule has 0 aromatic heterocycles. The molecular formula is C14H18ClFN2O3S. The molecule has 3 N–H and O–H groups in total. The summed E-state index contributed by atoms with van der Waals surface area (Å²) >= 11 is 7.16. The minimum Gasteiger partial charge on any atom is -0.388 e. The molecule has 0 heterocycles. The van der Waals surface area contributed by atoms with Gasteiger partial charge >= 0.3 is 11.8 Å². The second-order valence-electron chi connectivity index (χ2n) is 5.01. The second kappa shape index (κ2) is 8.36. The van der Waals surface area contributed by atoms with Crippen molar-refractivity contribution >= 4 is 40.9 Å². The molecule has 0 saturated carbocycles. The molecule has 0 aliphatic rings. The number of thioether (sulfide) groups is 1. The number of halogens is 2. The van der Waals surface area contributed by atoms with E-state index >= 15 is 0 Å². The molecule has 5 nitrogen and oxygen atoms in total. The summed E-state index contributed by atoms with van der Waals surface area (Å²) in [6.07, 6.45) is 2.40. The van der Waals surface area contributed by atoms with Crippen molar-refractivity contribution in [3.05, 3.63) is 29.0 Å². The highest BCUT2D eigenvalue weighted by molar-refractivity contribution is 7.98. The standard InChI is InChI=1S/C14H18ClFN2O3S/c1-14(21,5-6-22-2)8-17-12(19)13(20)18-9-3-4-11(16)10(15)7-9/h3-4,7,21H,5-6,8H2,1-2H3,(H,17,19)(H,18,20)/t14-/m0/s1. The molecule has 0 fully saturated rings. The van der Waals surface area contributed by atoms with Crippen molar-refractivity contribution in [1.82, 2.24) is 5.32 Å². The summed E-state index contributed by atoms with van der Waals surface area (Å²) in [4.78, 5) is 23.4. The molecule has 0 aliphatic heterocycles. The summed E-state index contributed by atoms with van der Waals surface area (Å²) in [6.45, 7) is 1.55. The molecule has 1 rings (SSSR count). The average molecular weight is 349 g/mol. The quantitative estimate of drug-likeness (QED) is 0.687. The maximum Gasteiger partial charge on any atom is 0.313 e. The van der Waals surface area contributed by atoms with Crippen molar-refractivity contribution in [2.24, 2.45) is 0 Å². The second-order valence-corrected chi connectivity index (χ2v) is 6.40. The predicted molar refractivity (Wildman–Crippen MR) is 86.7 cm³/mol. The third kappa shape index (κ3) is 6.21. The number of rotatable bonds is 6. The molecule has 1 aromatic carbocycles. The van der Waals surface area contributed by atoms with Gasteiger partial charge in [0.25, 0.3) is 0 Å². The summed E-state index contributed by atoms with van der Waals surface area (Å²) in [6, 6.07) is 3.58. The number of amides is 2. The van der Waals surface area contributed by atoms with Crippen LogP contribution in [-0.4, -0.2) is 41.1 Å². The van der Waals surface area contributed by atoms with Gasteiger partial charge in [0.15, 0.2) is 0 Å². The summed E-state index contributed by atoms with van der Waals surface area (Å²) in [7, 11) is 0. The van der Waals surface area contributed by atoms with E-state index in [2.05, 4.69) is 10.6 Å². The lowest BCUT2D eigenvalue weighted by atomic mass is 10.0. The number of carbonyl (C=O) groups is 2. The van der Waals surface area contributed by atoms with Crippen molar-refractivity contribution in [2.45, 2.75) is 18.9 Å². The summed E-state index contributed by atoms with van der Waals surface area (Å²) in [5.41, 5.74) is -0.876. The lowest BCUT2D eigenvalue weighted by Crippen LogP contribution is -2.44. The van der Waals surface area contributed by atoms with Crippen LogP contribution in [0, 0.1) is 5.82 Å². The van der Waals surface area contributed by atoms with Gasteiger partial charge in [0.1, 0.15) is 5.82 Å². The third-order valence-electron chi connectivity index (χ3n) is 2.86. The third-order valence-corrected chi connectivity index (χ3v) is 3.76. The predicted octanol–water partition coefficient (Wildman–Crippen LogP) is 2.04. The van der Waals surface area contributed by atoms with Gasteiger partial charge in [-0.05, 0) is 43.6 Å². The van der Waals surface area contributed by atoms with Gasteiger partial charge in [-0.25, -0.2) is 4.39 Å². The van der Waals surface area contributed by atoms with Crippen LogP contribution in [0.3, 0.4) is 0 Å². The maximum atomic E-state index is 13.0. The Kier molecular flexibility index (Phi) is 7.12. The SMILES string of the molecule is CSCC[C@](C)(O)CNC(=O)C(=O)Nc1ccc(F)c(Cl)c1. The summed E-state index contributed by atoms with van der Waals surface area (Å²) in [5, 5.41) is 14.5. The van der Waals surface area contributed by atoms with Crippen LogP contribution >= 0.6 is 23.4 Å². The molecule has 2 amide bonds. The van der Waals surface area contributed by atoms with Crippen LogP contribution in [0.5, 0.6) is 0 Å². The normalized spacial score (nSPS) is 13.3. The number of hydrogen-bond donors (Lipinski definition) is 3. The highest BCUT2D eigenvalue weighted by Gasteiger charge is 2.23. The van der Waals surface area contributed by atoms with Crippen LogP contribution in [0.25, 0.3) is 0 Å². The van der Waals surface area contributed by atoms with Gasteiger partial charge in [0.2, 0.25) is 0 Å². The van der Waals surface area contributed by atoms with Crippen molar-refractivity contribution in [3.8, 4) is 0 Å². The number of carbonyl (C=O) groups excluding carboxylic acids is 2. The smallest absolute Gasteiger partial charge is 0.313 e. The molecule has 0 spiro atoms. The summed E-state index contributed by atoms with van der Waals surface area (Å²) in [5.74, 6) is -1.68. The molecule has 122 valence electrons. The van der Waals surface area contributed by atoms with E-state index in [-0.39, 0.29) is 17.3 Å². The van der Waals surface area contributed by atoms with E-state index in [1.165, 1.54) is 12.1 Å². The number of anilines is 1. The van der Waals surface area contributed by atoms with Gasteiger partial charge in [-0.2, -0.15) is 11.8 Å². The van der Waals surface area contributed by atoms with E-state index in [4.69, 9.17) is 11.6 Å². The van der Waals surface area contributed by atoms with E-state index in [0.29, 0.717) is 6.42 Å². The Balaban J connectivity index is 2.51. The van der Waals surface area contributed by atoms with Gasteiger partial charge in [-0.1, -0.05) is 11.6 Å². The van der Waals surface area contributed by atoms with E-state index in [1.807, 2.05) is 6.26 Å². The Morgan fingerprint density at radius 1 is 1.41 bits per heavy atom. The van der Waals surface area contributed by atoms with Crippen molar-refractivity contribution in [3.63, 3.8) is 0 Å². The van der Waals surface area contributed by atoms with Crippen LogP contribution in [0.1, 0.15) is 13.3 Å². The zero-order valence-corrected chi connectivity index (χ0v) is 13.9. The largest absolute Gasteiger partial charge is 0.388 e. The molecule has 0 aliphatic carbocycles. The van der Waals surface area contributed by atoms with Gasteiger partial charge in [0, 0.05) is 12.2 Å². The number of hydrogen-bond acceptors (Lipinski definition) is 4. The first kappa shape index (κ1) is 18.7. The average Bonchev–Trinajstić information content (AvgIpc) is 2.46. The Labute approximate surface area is 137 Å². The number of benzene rings is 1. The van der Waals surface area contributed by atoms with E-state index in [9.17, 15) is 19.1 Å².